The molecular formula is C19H19ClFN5O3. The van der Waals surface area contributed by atoms with E-state index in [4.69, 9.17) is 22.2 Å². The maximum Gasteiger partial charge on any atom is 0.339 e. The Balaban J connectivity index is 1.46. The lowest BCUT2D eigenvalue weighted by molar-refractivity contribution is -0.150. The summed E-state index contributed by atoms with van der Waals surface area (Å²) in [5.74, 6) is -2.10. The van der Waals surface area contributed by atoms with Crippen molar-refractivity contribution >= 4 is 29.3 Å². The number of piperidine rings is 1. The number of pyridine rings is 1. The number of H-pyrrole nitrogens is 1. The van der Waals surface area contributed by atoms with Crippen LogP contribution in [-0.2, 0) is 16.1 Å². The number of rotatable bonds is 3. The average Bonchev–Trinajstić information content (AvgIpc) is 3.11. The largest absolute Gasteiger partial charge is 0.379 e. The fraction of sp³-hybridized carbons (Fsp3) is 0.368. The number of aromatic amines is 1. The number of oxime groups is 1. The molecular weight excluding hydrogens is 401 g/mol. The third kappa shape index (κ3) is 3.95. The summed E-state index contributed by atoms with van der Waals surface area (Å²) in [5, 5.41) is 4.12. The summed E-state index contributed by atoms with van der Waals surface area (Å²) < 4.78 is 13.6. The van der Waals surface area contributed by atoms with Gasteiger partial charge in [0.1, 0.15) is 0 Å². The Kier molecular flexibility index (Phi) is 5.23. The predicted octanol–water partition coefficient (Wildman–Crippen LogP) is 2.23. The second-order valence-electron chi connectivity index (χ2n) is 7.21. The van der Waals surface area contributed by atoms with Gasteiger partial charge in [0.25, 0.3) is 5.91 Å². The minimum Gasteiger partial charge on any atom is -0.379 e. The van der Waals surface area contributed by atoms with E-state index >= 15 is 0 Å². The van der Waals surface area contributed by atoms with Crippen molar-refractivity contribution in [2.75, 3.05) is 6.54 Å². The van der Waals surface area contributed by atoms with Gasteiger partial charge in [-0.15, -0.1) is 0 Å². The van der Waals surface area contributed by atoms with E-state index < -0.39 is 17.8 Å². The molecule has 0 bridgehead atoms. The van der Waals surface area contributed by atoms with Crippen molar-refractivity contribution in [2.24, 2.45) is 16.8 Å². The first kappa shape index (κ1) is 19.4. The summed E-state index contributed by atoms with van der Waals surface area (Å²) in [5.41, 5.74) is 7.25. The minimum atomic E-state index is -0.697. The first-order chi connectivity index (χ1) is 13.9. The normalized spacial score (nSPS) is 21.9. The zero-order chi connectivity index (χ0) is 20.5. The molecule has 2 aliphatic heterocycles. The molecule has 0 radical (unpaired) electrons. The van der Waals surface area contributed by atoms with Crippen LogP contribution in [0.5, 0.6) is 0 Å². The van der Waals surface area contributed by atoms with E-state index in [9.17, 15) is 14.0 Å². The van der Waals surface area contributed by atoms with Crippen LogP contribution in [0, 0.1) is 11.9 Å². The first-order valence-corrected chi connectivity index (χ1v) is 9.64. The fourth-order valence-electron chi connectivity index (χ4n) is 3.84. The fourth-order valence-corrected chi connectivity index (χ4v) is 4.00. The number of amides is 1. The number of fused-ring (bicyclic) bond motifs is 2. The smallest absolute Gasteiger partial charge is 0.339 e. The number of nitrogens with zero attached hydrogens (tertiary/aromatic N) is 3. The highest BCUT2D eigenvalue weighted by Crippen LogP contribution is 2.31. The molecule has 152 valence electrons. The van der Waals surface area contributed by atoms with Crippen molar-refractivity contribution < 1.29 is 18.8 Å². The molecule has 4 heterocycles. The Morgan fingerprint density at radius 3 is 2.97 bits per heavy atom. The van der Waals surface area contributed by atoms with Gasteiger partial charge in [0.2, 0.25) is 5.95 Å². The molecule has 2 atom stereocenters. The van der Waals surface area contributed by atoms with Crippen LogP contribution in [0.1, 0.15) is 40.9 Å². The van der Waals surface area contributed by atoms with Gasteiger partial charge in [-0.25, -0.2) is 9.78 Å². The lowest BCUT2D eigenvalue weighted by atomic mass is 9.91. The van der Waals surface area contributed by atoms with Crippen molar-refractivity contribution in [3.05, 3.63) is 52.3 Å². The van der Waals surface area contributed by atoms with E-state index in [1.165, 1.54) is 12.4 Å². The number of halogens is 2. The SMILES string of the molecule is NC(=NOC(=O)[C@H]1CC[C@H]2CCc3cnc(F)cc3C(=O)N2C1)c1cc(Cl)c[nH]1. The van der Waals surface area contributed by atoms with Crippen LogP contribution >= 0.6 is 11.6 Å². The van der Waals surface area contributed by atoms with Crippen molar-refractivity contribution in [1.29, 1.82) is 0 Å². The summed E-state index contributed by atoms with van der Waals surface area (Å²) in [6.07, 6.45) is 5.55. The highest BCUT2D eigenvalue weighted by molar-refractivity contribution is 6.31. The molecule has 0 spiro atoms. The van der Waals surface area contributed by atoms with Gasteiger partial charge in [-0.2, -0.15) is 4.39 Å². The maximum absolute atomic E-state index is 13.6. The number of aromatic nitrogens is 2. The summed E-state index contributed by atoms with van der Waals surface area (Å²) in [6, 6.07) is 2.71. The number of amidine groups is 1. The molecule has 0 aliphatic carbocycles. The zero-order valence-corrected chi connectivity index (χ0v) is 16.2. The molecule has 2 aromatic rings. The van der Waals surface area contributed by atoms with Crippen LogP contribution in [-0.4, -0.2) is 45.2 Å². The van der Waals surface area contributed by atoms with E-state index in [2.05, 4.69) is 15.1 Å². The van der Waals surface area contributed by atoms with Gasteiger partial charge in [0, 0.05) is 36.6 Å². The second-order valence-corrected chi connectivity index (χ2v) is 7.64. The van der Waals surface area contributed by atoms with Gasteiger partial charge in [-0.05, 0) is 37.3 Å². The van der Waals surface area contributed by atoms with Crippen molar-refractivity contribution in [2.45, 2.75) is 31.7 Å². The third-order valence-corrected chi connectivity index (χ3v) is 5.61. The molecule has 1 fully saturated rings. The minimum absolute atomic E-state index is 0.00311. The van der Waals surface area contributed by atoms with E-state index in [-0.39, 0.29) is 24.3 Å². The number of carbonyl (C=O) groups excluding carboxylic acids is 2. The Labute approximate surface area is 170 Å². The number of hydrogen-bond acceptors (Lipinski definition) is 5. The van der Waals surface area contributed by atoms with Crippen LogP contribution in [0.3, 0.4) is 0 Å². The number of nitrogens with one attached hydrogen (secondary N) is 1. The molecule has 4 rings (SSSR count). The van der Waals surface area contributed by atoms with Crippen LogP contribution < -0.4 is 5.73 Å². The number of hydrogen-bond donors (Lipinski definition) is 2. The predicted molar refractivity (Wildman–Crippen MR) is 103 cm³/mol. The summed E-state index contributed by atoms with van der Waals surface area (Å²) in [6.45, 7) is 0.190. The topological polar surface area (TPSA) is 114 Å². The zero-order valence-electron chi connectivity index (χ0n) is 15.4. The lowest BCUT2D eigenvalue weighted by Gasteiger charge is -2.37. The standard InChI is InChI=1S/C19H19ClFN5O3/c20-12-5-15(23-8-12)17(22)25-29-19(28)11-2-4-13-3-1-10-7-24-16(21)6-14(10)18(27)26(13)9-11/h5-8,11,13,23H,1-4,9H2,(H2,22,25)/t11-,13+/m0/s1. The second kappa shape index (κ2) is 7.82. The Hall–Kier alpha value is -2.94. The van der Waals surface area contributed by atoms with E-state index in [1.54, 1.807) is 11.0 Å². The summed E-state index contributed by atoms with van der Waals surface area (Å²) >= 11 is 5.81. The van der Waals surface area contributed by atoms with Gasteiger partial charge in [0.15, 0.2) is 5.84 Å². The van der Waals surface area contributed by atoms with Gasteiger partial charge < -0.3 is 20.5 Å². The summed E-state index contributed by atoms with van der Waals surface area (Å²) in [7, 11) is 0. The molecule has 29 heavy (non-hydrogen) atoms. The van der Waals surface area contributed by atoms with Crippen LogP contribution in [0.2, 0.25) is 5.02 Å². The molecule has 3 N–H and O–H groups in total. The highest BCUT2D eigenvalue weighted by Gasteiger charge is 2.38. The Morgan fingerprint density at radius 1 is 1.38 bits per heavy atom. The lowest BCUT2D eigenvalue weighted by Crippen LogP contribution is -2.48. The number of nitrogens with two attached hydrogens (primary N) is 1. The van der Waals surface area contributed by atoms with Crippen molar-refractivity contribution in [1.82, 2.24) is 14.9 Å². The van der Waals surface area contributed by atoms with Gasteiger partial charge in [-0.1, -0.05) is 16.8 Å². The van der Waals surface area contributed by atoms with E-state index in [0.717, 1.165) is 18.1 Å². The van der Waals surface area contributed by atoms with Crippen molar-refractivity contribution in [3.63, 3.8) is 0 Å². The van der Waals surface area contributed by atoms with E-state index in [1.807, 2.05) is 0 Å². The monoisotopic (exact) mass is 419 g/mol. The highest BCUT2D eigenvalue weighted by atomic mass is 35.5. The number of aryl methyl sites for hydroxylation is 1. The summed E-state index contributed by atoms with van der Waals surface area (Å²) in [4.78, 5) is 38.5. The first-order valence-electron chi connectivity index (χ1n) is 9.26. The molecule has 0 unspecified atom stereocenters. The molecule has 0 saturated carbocycles. The van der Waals surface area contributed by atoms with Crippen molar-refractivity contribution in [3.8, 4) is 0 Å². The quantitative estimate of drug-likeness (QED) is 0.260. The Bertz CT molecular complexity index is 992. The molecule has 10 heteroatoms. The molecule has 1 saturated heterocycles. The Morgan fingerprint density at radius 2 is 2.21 bits per heavy atom. The molecule has 2 aliphatic rings. The molecule has 1 amide bonds. The maximum atomic E-state index is 13.6. The van der Waals surface area contributed by atoms with Gasteiger partial charge >= 0.3 is 5.97 Å². The van der Waals surface area contributed by atoms with E-state index in [0.29, 0.717) is 35.5 Å². The molecule has 8 nitrogen and oxygen atoms in total. The van der Waals surface area contributed by atoms with Crippen LogP contribution in [0.4, 0.5) is 4.39 Å². The van der Waals surface area contributed by atoms with Gasteiger partial charge in [-0.3, -0.25) is 4.79 Å². The van der Waals surface area contributed by atoms with Crippen LogP contribution in [0.15, 0.2) is 29.7 Å². The molecule has 2 aromatic heterocycles. The van der Waals surface area contributed by atoms with Crippen LogP contribution in [0.25, 0.3) is 0 Å². The molecule has 0 aromatic carbocycles. The number of carbonyl (C=O) groups is 2. The average molecular weight is 420 g/mol. The van der Waals surface area contributed by atoms with Gasteiger partial charge in [0.05, 0.1) is 16.6 Å². The third-order valence-electron chi connectivity index (χ3n) is 5.39.